The maximum absolute atomic E-state index is 11.4. The number of carbonyl (C=O) groups excluding carboxylic acids is 1. The van der Waals surface area contributed by atoms with E-state index in [0.717, 1.165) is 11.3 Å². The fraction of sp³-hybridized carbons (Fsp3) is 0.462. The Morgan fingerprint density at radius 3 is 2.50 bits per heavy atom. The van der Waals surface area contributed by atoms with Crippen molar-refractivity contribution in [2.75, 3.05) is 0 Å². The maximum Gasteiger partial charge on any atom is 0.236 e. The standard InChI is InChI=1S/C13H20N2O2.ClH/c1-9(2)17-12-7-5-4-6-11(12)8-15-13(16)10(3)14;/h4-7,9-10H,8,14H2,1-3H3,(H,15,16);1H/t10-;/m1./s1. The zero-order valence-electron chi connectivity index (χ0n) is 11.0. The molecule has 0 bridgehead atoms. The van der Waals surface area contributed by atoms with E-state index in [1.54, 1.807) is 6.92 Å². The summed E-state index contributed by atoms with van der Waals surface area (Å²) in [4.78, 5) is 11.4. The predicted octanol–water partition coefficient (Wildman–Crippen LogP) is 1.86. The Bertz CT molecular complexity index is 381. The van der Waals surface area contributed by atoms with Gasteiger partial charge < -0.3 is 15.8 Å². The third-order valence-electron chi connectivity index (χ3n) is 2.20. The largest absolute Gasteiger partial charge is 0.491 e. The molecular weight excluding hydrogens is 252 g/mol. The summed E-state index contributed by atoms with van der Waals surface area (Å²) >= 11 is 0. The van der Waals surface area contributed by atoms with Crippen LogP contribution in [-0.4, -0.2) is 18.1 Å². The van der Waals surface area contributed by atoms with Gasteiger partial charge >= 0.3 is 0 Å². The van der Waals surface area contributed by atoms with Gasteiger partial charge in [-0.1, -0.05) is 18.2 Å². The minimum Gasteiger partial charge on any atom is -0.491 e. The first-order valence-electron chi connectivity index (χ1n) is 5.78. The average molecular weight is 273 g/mol. The molecule has 102 valence electrons. The van der Waals surface area contributed by atoms with Gasteiger partial charge in [0.05, 0.1) is 12.1 Å². The lowest BCUT2D eigenvalue weighted by Crippen LogP contribution is -2.37. The van der Waals surface area contributed by atoms with E-state index in [-0.39, 0.29) is 24.4 Å². The molecule has 3 N–H and O–H groups in total. The predicted molar refractivity (Wildman–Crippen MR) is 75.0 cm³/mol. The zero-order chi connectivity index (χ0) is 12.8. The van der Waals surface area contributed by atoms with Crippen LogP contribution in [0.2, 0.25) is 0 Å². The molecule has 1 rings (SSSR count). The first kappa shape index (κ1) is 16.7. The average Bonchev–Trinajstić information content (AvgIpc) is 2.26. The molecule has 1 atom stereocenters. The number of nitrogens with one attached hydrogen (secondary N) is 1. The van der Waals surface area contributed by atoms with E-state index < -0.39 is 6.04 Å². The molecule has 0 radical (unpaired) electrons. The second-order valence-corrected chi connectivity index (χ2v) is 4.28. The monoisotopic (exact) mass is 272 g/mol. The van der Waals surface area contributed by atoms with Crippen molar-refractivity contribution >= 4 is 18.3 Å². The normalized spacial score (nSPS) is 11.6. The van der Waals surface area contributed by atoms with Gasteiger partial charge in [0, 0.05) is 12.1 Å². The number of hydrogen-bond acceptors (Lipinski definition) is 3. The quantitative estimate of drug-likeness (QED) is 0.860. The van der Waals surface area contributed by atoms with E-state index in [1.165, 1.54) is 0 Å². The van der Waals surface area contributed by atoms with Crippen molar-refractivity contribution in [2.24, 2.45) is 5.73 Å². The lowest BCUT2D eigenvalue weighted by Gasteiger charge is -2.15. The minimum atomic E-state index is -0.492. The molecule has 0 heterocycles. The summed E-state index contributed by atoms with van der Waals surface area (Å²) < 4.78 is 5.66. The second-order valence-electron chi connectivity index (χ2n) is 4.28. The first-order chi connectivity index (χ1) is 8.00. The van der Waals surface area contributed by atoms with Crippen LogP contribution in [0.3, 0.4) is 0 Å². The first-order valence-corrected chi connectivity index (χ1v) is 5.78. The summed E-state index contributed by atoms with van der Waals surface area (Å²) in [5, 5.41) is 2.77. The topological polar surface area (TPSA) is 64.3 Å². The van der Waals surface area contributed by atoms with E-state index in [2.05, 4.69) is 5.32 Å². The number of para-hydroxylation sites is 1. The van der Waals surface area contributed by atoms with Crippen molar-refractivity contribution in [3.05, 3.63) is 29.8 Å². The van der Waals surface area contributed by atoms with Crippen molar-refractivity contribution in [3.8, 4) is 5.75 Å². The Morgan fingerprint density at radius 1 is 1.33 bits per heavy atom. The lowest BCUT2D eigenvalue weighted by molar-refractivity contribution is -0.122. The Morgan fingerprint density at radius 2 is 1.94 bits per heavy atom. The molecule has 0 aliphatic carbocycles. The van der Waals surface area contributed by atoms with Crippen LogP contribution in [-0.2, 0) is 11.3 Å². The van der Waals surface area contributed by atoms with E-state index in [1.807, 2.05) is 38.1 Å². The highest BCUT2D eigenvalue weighted by Gasteiger charge is 2.09. The number of rotatable bonds is 5. The van der Waals surface area contributed by atoms with E-state index in [0.29, 0.717) is 6.54 Å². The van der Waals surface area contributed by atoms with Gasteiger partial charge in [-0.25, -0.2) is 0 Å². The zero-order valence-corrected chi connectivity index (χ0v) is 11.8. The Labute approximate surface area is 114 Å². The number of amides is 1. The molecule has 0 unspecified atom stereocenters. The maximum atomic E-state index is 11.4. The summed E-state index contributed by atoms with van der Waals surface area (Å²) in [6.07, 6.45) is 0.111. The second kappa shape index (κ2) is 7.95. The summed E-state index contributed by atoms with van der Waals surface area (Å²) in [5.41, 5.74) is 6.43. The fourth-order valence-corrected chi connectivity index (χ4v) is 1.36. The molecule has 0 aliphatic heterocycles. The molecule has 0 aliphatic rings. The summed E-state index contributed by atoms with van der Waals surface area (Å²) in [6, 6.07) is 7.16. The SMILES string of the molecule is CC(C)Oc1ccccc1CNC(=O)[C@@H](C)N.Cl. The molecule has 1 amide bonds. The number of halogens is 1. The molecule has 0 saturated carbocycles. The van der Waals surface area contributed by atoms with Crippen molar-refractivity contribution in [1.29, 1.82) is 0 Å². The highest BCUT2D eigenvalue weighted by molar-refractivity contribution is 5.85. The fourth-order valence-electron chi connectivity index (χ4n) is 1.36. The van der Waals surface area contributed by atoms with Crippen LogP contribution in [0.4, 0.5) is 0 Å². The highest BCUT2D eigenvalue weighted by atomic mass is 35.5. The smallest absolute Gasteiger partial charge is 0.236 e. The van der Waals surface area contributed by atoms with Gasteiger partial charge in [-0.05, 0) is 26.8 Å². The Balaban J connectivity index is 0.00000289. The molecule has 0 fully saturated rings. The summed E-state index contributed by atoms with van der Waals surface area (Å²) in [5.74, 6) is 0.636. The molecular formula is C13H21ClN2O2. The number of benzene rings is 1. The number of ether oxygens (including phenoxy) is 1. The minimum absolute atomic E-state index is 0. The molecule has 1 aromatic carbocycles. The van der Waals surface area contributed by atoms with Gasteiger partial charge in [-0.15, -0.1) is 12.4 Å². The third kappa shape index (κ3) is 5.38. The van der Waals surface area contributed by atoms with Crippen molar-refractivity contribution < 1.29 is 9.53 Å². The van der Waals surface area contributed by atoms with Crippen LogP contribution in [0.5, 0.6) is 5.75 Å². The number of nitrogens with two attached hydrogens (primary N) is 1. The highest BCUT2D eigenvalue weighted by Crippen LogP contribution is 2.18. The number of carbonyl (C=O) groups is 1. The molecule has 5 heteroatoms. The van der Waals surface area contributed by atoms with Gasteiger partial charge in [0.2, 0.25) is 5.91 Å². The van der Waals surface area contributed by atoms with Crippen LogP contribution in [0.25, 0.3) is 0 Å². The molecule has 0 spiro atoms. The molecule has 4 nitrogen and oxygen atoms in total. The number of hydrogen-bond donors (Lipinski definition) is 2. The Hall–Kier alpha value is -1.26. The molecule has 0 aromatic heterocycles. The van der Waals surface area contributed by atoms with Crippen molar-refractivity contribution in [3.63, 3.8) is 0 Å². The third-order valence-corrected chi connectivity index (χ3v) is 2.20. The van der Waals surface area contributed by atoms with E-state index in [9.17, 15) is 4.79 Å². The van der Waals surface area contributed by atoms with Crippen LogP contribution < -0.4 is 15.8 Å². The lowest BCUT2D eigenvalue weighted by atomic mass is 10.2. The van der Waals surface area contributed by atoms with Gasteiger partial charge in [0.1, 0.15) is 5.75 Å². The van der Waals surface area contributed by atoms with Gasteiger partial charge in [-0.3, -0.25) is 4.79 Å². The van der Waals surface area contributed by atoms with Gasteiger partial charge in [-0.2, -0.15) is 0 Å². The van der Waals surface area contributed by atoms with Gasteiger partial charge in [0.15, 0.2) is 0 Å². The van der Waals surface area contributed by atoms with Crippen LogP contribution in [0, 0.1) is 0 Å². The van der Waals surface area contributed by atoms with Crippen LogP contribution in [0.1, 0.15) is 26.3 Å². The molecule has 0 saturated heterocycles. The van der Waals surface area contributed by atoms with Crippen LogP contribution >= 0.6 is 12.4 Å². The Kier molecular flexibility index (Phi) is 7.39. The molecule has 18 heavy (non-hydrogen) atoms. The van der Waals surface area contributed by atoms with Crippen LogP contribution in [0.15, 0.2) is 24.3 Å². The van der Waals surface area contributed by atoms with Crippen molar-refractivity contribution in [1.82, 2.24) is 5.32 Å². The van der Waals surface area contributed by atoms with E-state index >= 15 is 0 Å². The van der Waals surface area contributed by atoms with E-state index in [4.69, 9.17) is 10.5 Å². The van der Waals surface area contributed by atoms with Gasteiger partial charge in [0.25, 0.3) is 0 Å². The molecule has 1 aromatic rings. The summed E-state index contributed by atoms with van der Waals surface area (Å²) in [6.45, 7) is 6.03. The summed E-state index contributed by atoms with van der Waals surface area (Å²) in [7, 11) is 0. The van der Waals surface area contributed by atoms with Crippen molar-refractivity contribution in [2.45, 2.75) is 39.5 Å².